The fourth-order valence-electron chi connectivity index (χ4n) is 8.75. The van der Waals surface area contributed by atoms with Crippen LogP contribution in [-0.2, 0) is 0 Å². The summed E-state index contributed by atoms with van der Waals surface area (Å²) in [6.07, 6.45) is 0. The van der Waals surface area contributed by atoms with Gasteiger partial charge in [0.05, 0.1) is 11.0 Å². The predicted octanol–water partition coefficient (Wildman–Crippen LogP) is 4.00. The lowest BCUT2D eigenvalue weighted by Gasteiger charge is -2.20. The third-order valence-electron chi connectivity index (χ3n) is 12.0. The molecule has 56 heavy (non-hydrogen) atoms. The second-order valence-corrected chi connectivity index (χ2v) is 17.1. The summed E-state index contributed by atoms with van der Waals surface area (Å²) in [6.45, 7) is 0. The van der Waals surface area contributed by atoms with Gasteiger partial charge in [-0.25, -0.2) is 15.0 Å². The zero-order chi connectivity index (χ0) is 37.8. The van der Waals surface area contributed by atoms with E-state index in [1.165, 1.54) is 89.5 Å². The Hall–Kier alpha value is -5.89. The summed E-state index contributed by atoms with van der Waals surface area (Å²) in [5.41, 5.74) is 12.8. The van der Waals surface area contributed by atoms with Crippen LogP contribution in [0.1, 0.15) is 0 Å². The molecule has 4 heterocycles. The van der Waals surface area contributed by atoms with Gasteiger partial charge in [0.15, 0.2) is 17.5 Å². The third-order valence-corrected chi connectivity index (χ3v) is 14.4. The second-order valence-electron chi connectivity index (χ2n) is 15.0. The van der Waals surface area contributed by atoms with Crippen LogP contribution < -0.4 is 27.3 Å². The van der Waals surface area contributed by atoms with E-state index in [1.54, 1.807) is 11.3 Å². The summed E-state index contributed by atoms with van der Waals surface area (Å²) in [7, 11) is 11.0. The number of rotatable bonds is 4. The Bertz CT molecular complexity index is 3430. The van der Waals surface area contributed by atoms with E-state index in [0.717, 1.165) is 22.4 Å². The van der Waals surface area contributed by atoms with Gasteiger partial charge in [0.1, 0.15) is 39.2 Å². The first kappa shape index (κ1) is 33.5. The van der Waals surface area contributed by atoms with Crippen molar-refractivity contribution < 1.29 is 0 Å². The number of thiophene rings is 2. The molecule has 0 atom stereocenters. The summed E-state index contributed by atoms with van der Waals surface area (Å²) in [5, 5.41) is 7.59. The molecule has 258 valence electrons. The molecule has 0 spiro atoms. The molecule has 11 heteroatoms. The average molecular weight is 746 g/mol. The van der Waals surface area contributed by atoms with Crippen LogP contribution in [0.2, 0.25) is 0 Å². The van der Waals surface area contributed by atoms with Crippen LogP contribution >= 0.6 is 22.7 Å². The van der Waals surface area contributed by atoms with E-state index in [2.05, 4.69) is 171 Å². The van der Waals surface area contributed by atoms with Crippen LogP contribution in [0.3, 0.4) is 0 Å². The molecule has 0 saturated heterocycles. The van der Waals surface area contributed by atoms with E-state index in [4.69, 9.17) is 15.0 Å². The fraction of sp³-hybridized carbons (Fsp3) is 0. The molecule has 4 nitrogen and oxygen atoms in total. The van der Waals surface area contributed by atoms with E-state index in [9.17, 15) is 0 Å². The van der Waals surface area contributed by atoms with E-state index in [1.807, 2.05) is 11.3 Å². The fourth-order valence-corrected chi connectivity index (χ4v) is 11.1. The Balaban J connectivity index is 1.16. The second kappa shape index (κ2) is 12.6. The van der Waals surface area contributed by atoms with Crippen molar-refractivity contribution in [3.8, 4) is 39.9 Å². The molecule has 0 radical (unpaired) electrons. The average Bonchev–Trinajstić information content (AvgIpc) is 3.90. The van der Waals surface area contributed by atoms with Crippen molar-refractivity contribution in [2.45, 2.75) is 0 Å². The zero-order valence-electron chi connectivity index (χ0n) is 31.7. The summed E-state index contributed by atoms with van der Waals surface area (Å²) in [6, 6.07) is 46.1. The van der Waals surface area contributed by atoms with Crippen molar-refractivity contribution in [2.75, 3.05) is 0 Å². The summed E-state index contributed by atoms with van der Waals surface area (Å²) < 4.78 is 7.45. The Morgan fingerprint density at radius 1 is 0.411 bits per heavy atom. The normalized spacial score (nSPS) is 11.9. The van der Waals surface area contributed by atoms with E-state index < -0.39 is 0 Å². The number of aromatic nitrogens is 4. The lowest BCUT2D eigenvalue weighted by Crippen LogP contribution is -2.55. The summed E-state index contributed by atoms with van der Waals surface area (Å²) in [4.78, 5) is 16.0. The first-order chi connectivity index (χ1) is 27.3. The van der Waals surface area contributed by atoms with Gasteiger partial charge in [0, 0.05) is 73.5 Å². The number of fused-ring (bicyclic) bond motifs is 9. The molecule has 11 aromatic rings. The Morgan fingerprint density at radius 3 is 1.80 bits per heavy atom. The lowest BCUT2D eigenvalue weighted by atomic mass is 9.60. The molecule has 0 N–H and O–H groups in total. The van der Waals surface area contributed by atoms with Crippen molar-refractivity contribution in [1.82, 2.24) is 19.5 Å². The van der Waals surface area contributed by atoms with Gasteiger partial charge in [0.2, 0.25) is 0 Å². The maximum absolute atomic E-state index is 5.34. The lowest BCUT2D eigenvalue weighted by molar-refractivity contribution is 1.08. The van der Waals surface area contributed by atoms with Gasteiger partial charge in [0.25, 0.3) is 0 Å². The van der Waals surface area contributed by atoms with E-state index in [0.29, 0.717) is 17.5 Å². The molecule has 0 fully saturated rings. The van der Waals surface area contributed by atoms with E-state index >= 15 is 0 Å². The smallest absolute Gasteiger partial charge is 0.165 e. The summed E-state index contributed by atoms with van der Waals surface area (Å²) >= 11 is 3.66. The van der Waals surface area contributed by atoms with Gasteiger partial charge >= 0.3 is 0 Å². The highest BCUT2D eigenvalue weighted by Gasteiger charge is 2.21. The molecule has 11 rings (SSSR count). The maximum Gasteiger partial charge on any atom is 0.165 e. The van der Waals surface area contributed by atoms with Crippen LogP contribution in [0.25, 0.3) is 102 Å². The van der Waals surface area contributed by atoms with Gasteiger partial charge in [-0.15, -0.1) is 39.1 Å². The predicted molar refractivity (Wildman–Crippen MR) is 257 cm³/mol. The van der Waals surface area contributed by atoms with Gasteiger partial charge in [-0.05, 0) is 48.5 Å². The molecular formula is C45H31B5N4S2. The zero-order valence-corrected chi connectivity index (χ0v) is 33.4. The molecular weight excluding hydrogens is 715 g/mol. The van der Waals surface area contributed by atoms with Crippen molar-refractivity contribution in [2.24, 2.45) is 0 Å². The highest BCUT2D eigenvalue weighted by Crippen LogP contribution is 2.42. The minimum Gasteiger partial charge on any atom is -0.309 e. The minimum atomic E-state index is 0.660. The Labute approximate surface area is 336 Å². The van der Waals surface area contributed by atoms with Gasteiger partial charge < -0.3 is 4.57 Å². The molecule has 0 aliphatic rings. The van der Waals surface area contributed by atoms with Gasteiger partial charge in [-0.1, -0.05) is 89.8 Å². The first-order valence-electron chi connectivity index (χ1n) is 19.0. The van der Waals surface area contributed by atoms with Crippen LogP contribution in [0.4, 0.5) is 0 Å². The highest BCUT2D eigenvalue weighted by molar-refractivity contribution is 7.26. The molecule has 0 saturated carbocycles. The van der Waals surface area contributed by atoms with Crippen LogP contribution in [0.15, 0.2) is 127 Å². The number of hydrogen-bond donors (Lipinski definition) is 0. The van der Waals surface area contributed by atoms with Crippen LogP contribution in [0.5, 0.6) is 0 Å². The SMILES string of the molecule is Bc1c(B)c(B)c(-c2nc(-c3cccc(-n4c5ccccc5c5cc6c(cc54)sc4ccccc46)c3)nc(-c3cccc4c3sc3ccccc34)n2)c(B)c1B. The number of nitrogens with zero attached hydrogens (tertiary/aromatic N) is 4. The Kier molecular flexibility index (Phi) is 7.51. The molecule has 0 unspecified atom stereocenters. The standard InChI is InChI=1S/C45H31B5N4S2/c46-37-36(38(47)40(49)41(50)39(37)48)45-52-43(51-44(53-45)28-15-8-14-27-25-12-2-6-18-34(25)56-42(27)28)22-9-7-10-23(19-22)54-31-16-4-1-11-24(31)29-20-30-26-13-3-5-17-33(26)55-35(30)21-32(29)54/h1-21H,46-50H2. The van der Waals surface area contributed by atoms with Crippen molar-refractivity contribution in [3.05, 3.63) is 127 Å². The molecule has 0 aliphatic carbocycles. The van der Waals surface area contributed by atoms with Gasteiger partial charge in [-0.2, -0.15) is 0 Å². The van der Waals surface area contributed by atoms with Crippen LogP contribution in [0, 0.1) is 0 Å². The molecule has 0 bridgehead atoms. The summed E-state index contributed by atoms with van der Waals surface area (Å²) in [5.74, 6) is 2.05. The highest BCUT2D eigenvalue weighted by atomic mass is 32.1. The molecule has 7 aromatic carbocycles. The Morgan fingerprint density at radius 2 is 1.02 bits per heavy atom. The number of para-hydroxylation sites is 1. The first-order valence-corrected chi connectivity index (χ1v) is 20.7. The minimum absolute atomic E-state index is 0.660. The van der Waals surface area contributed by atoms with Crippen molar-refractivity contribution in [3.63, 3.8) is 0 Å². The molecule has 0 amide bonds. The van der Waals surface area contributed by atoms with Gasteiger partial charge in [-0.3, -0.25) is 0 Å². The topological polar surface area (TPSA) is 43.6 Å². The molecule has 4 aromatic heterocycles. The number of hydrogen-bond acceptors (Lipinski definition) is 5. The maximum atomic E-state index is 5.34. The number of benzene rings is 7. The molecule has 0 aliphatic heterocycles. The monoisotopic (exact) mass is 746 g/mol. The van der Waals surface area contributed by atoms with Crippen LogP contribution in [-0.4, -0.2) is 58.8 Å². The van der Waals surface area contributed by atoms with E-state index in [-0.39, 0.29) is 0 Å². The third kappa shape index (κ3) is 4.93. The van der Waals surface area contributed by atoms with Crippen molar-refractivity contribution >= 4 is 151 Å². The van der Waals surface area contributed by atoms with Crippen molar-refractivity contribution in [1.29, 1.82) is 0 Å². The quantitative estimate of drug-likeness (QED) is 0.256. The largest absolute Gasteiger partial charge is 0.309 e.